The molecule has 146 valence electrons. The molecule has 0 amide bonds. The topological polar surface area (TPSA) is 71.2 Å². The fourth-order valence-electron chi connectivity index (χ4n) is 3.10. The van der Waals surface area contributed by atoms with E-state index in [1.54, 1.807) is 18.5 Å². The number of anilines is 2. The van der Waals surface area contributed by atoms with E-state index in [1.165, 1.54) is 0 Å². The van der Waals surface area contributed by atoms with Gasteiger partial charge in [-0.25, -0.2) is 9.97 Å². The Balaban J connectivity index is 1.47. The summed E-state index contributed by atoms with van der Waals surface area (Å²) in [5.41, 5.74) is 0.870. The zero-order valence-corrected chi connectivity index (χ0v) is 17.2. The maximum atomic E-state index is 6.29. The molecule has 9 heteroatoms. The Bertz CT molecular complexity index is 969. The Hall–Kier alpha value is -2.38. The van der Waals surface area contributed by atoms with Crippen molar-refractivity contribution in [1.29, 1.82) is 0 Å². The molecule has 0 aromatic carbocycles. The second kappa shape index (κ2) is 7.93. The van der Waals surface area contributed by atoms with Gasteiger partial charge in [-0.3, -0.25) is 0 Å². The van der Waals surface area contributed by atoms with Gasteiger partial charge in [-0.05, 0) is 18.2 Å². The van der Waals surface area contributed by atoms with Gasteiger partial charge in [0.05, 0.1) is 10.0 Å². The first-order valence-electron chi connectivity index (χ1n) is 9.12. The van der Waals surface area contributed by atoms with Gasteiger partial charge in [0.25, 0.3) is 5.89 Å². The van der Waals surface area contributed by atoms with E-state index in [-0.39, 0.29) is 5.92 Å². The molecule has 0 saturated carbocycles. The quantitative estimate of drug-likeness (QED) is 0.625. The van der Waals surface area contributed by atoms with Crippen LogP contribution in [0.5, 0.6) is 0 Å². The van der Waals surface area contributed by atoms with E-state index in [1.807, 2.05) is 26.0 Å². The molecule has 7 nitrogen and oxygen atoms in total. The van der Waals surface area contributed by atoms with E-state index in [9.17, 15) is 0 Å². The number of hydrogen-bond acceptors (Lipinski definition) is 7. The van der Waals surface area contributed by atoms with E-state index in [2.05, 4.69) is 29.9 Å². The predicted octanol–water partition coefficient (Wildman–Crippen LogP) is 4.28. The van der Waals surface area contributed by atoms with Crippen LogP contribution in [0.3, 0.4) is 0 Å². The number of pyridine rings is 2. The van der Waals surface area contributed by atoms with Crippen LogP contribution in [0.2, 0.25) is 10.0 Å². The number of piperazine rings is 1. The maximum absolute atomic E-state index is 6.29. The minimum atomic E-state index is 0.222. The number of halogens is 2. The molecule has 0 spiro atoms. The molecule has 3 aromatic heterocycles. The third-order valence-corrected chi connectivity index (χ3v) is 5.13. The zero-order chi connectivity index (χ0) is 19.7. The third kappa shape index (κ3) is 3.91. The second-order valence-electron chi connectivity index (χ2n) is 6.95. The fourth-order valence-corrected chi connectivity index (χ4v) is 3.60. The Labute approximate surface area is 173 Å². The van der Waals surface area contributed by atoms with Gasteiger partial charge in [0, 0.05) is 50.1 Å². The summed E-state index contributed by atoms with van der Waals surface area (Å²) in [6.45, 7) is 7.26. The molecule has 1 fully saturated rings. The van der Waals surface area contributed by atoms with Gasteiger partial charge < -0.3 is 14.3 Å². The van der Waals surface area contributed by atoms with Crippen molar-refractivity contribution in [2.75, 3.05) is 36.0 Å². The van der Waals surface area contributed by atoms with Crippen molar-refractivity contribution >= 4 is 34.8 Å². The van der Waals surface area contributed by atoms with Gasteiger partial charge >= 0.3 is 0 Å². The molecule has 4 heterocycles. The standard InChI is InChI=1S/C19H20Cl2N6O/c1-12(2)17-24-19(28-25-17)13-3-4-22-16(9-13)26-5-7-27(8-6-26)18-15(21)10-14(20)11-23-18/h3-4,9-12H,5-8H2,1-2H3. The van der Waals surface area contributed by atoms with Crippen LogP contribution >= 0.6 is 23.2 Å². The van der Waals surface area contributed by atoms with Crippen molar-refractivity contribution in [2.45, 2.75) is 19.8 Å². The number of hydrogen-bond donors (Lipinski definition) is 0. The van der Waals surface area contributed by atoms with E-state index in [4.69, 9.17) is 27.7 Å². The summed E-state index contributed by atoms with van der Waals surface area (Å²) in [5.74, 6) is 3.09. The first-order valence-corrected chi connectivity index (χ1v) is 9.88. The first-order chi connectivity index (χ1) is 13.5. The van der Waals surface area contributed by atoms with E-state index in [0.717, 1.165) is 43.4 Å². The van der Waals surface area contributed by atoms with Crippen LogP contribution in [0.4, 0.5) is 11.6 Å². The molecule has 4 rings (SSSR count). The molecule has 0 radical (unpaired) electrons. The maximum Gasteiger partial charge on any atom is 0.258 e. The van der Waals surface area contributed by atoms with Gasteiger partial charge in [-0.1, -0.05) is 42.2 Å². The van der Waals surface area contributed by atoms with Crippen molar-refractivity contribution in [1.82, 2.24) is 20.1 Å². The minimum absolute atomic E-state index is 0.222. The average Bonchev–Trinajstić information content (AvgIpc) is 3.19. The summed E-state index contributed by atoms with van der Waals surface area (Å²) in [6, 6.07) is 5.59. The highest BCUT2D eigenvalue weighted by Crippen LogP contribution is 2.28. The summed E-state index contributed by atoms with van der Waals surface area (Å²) in [4.78, 5) is 17.7. The van der Waals surface area contributed by atoms with Crippen LogP contribution in [0.1, 0.15) is 25.6 Å². The molecular weight excluding hydrogens is 399 g/mol. The molecule has 1 aliphatic heterocycles. The van der Waals surface area contributed by atoms with Crippen molar-refractivity contribution in [3.63, 3.8) is 0 Å². The molecule has 3 aromatic rings. The Morgan fingerprint density at radius 1 is 1.04 bits per heavy atom. The Kier molecular flexibility index (Phi) is 5.37. The lowest BCUT2D eigenvalue weighted by atomic mass is 10.2. The lowest BCUT2D eigenvalue weighted by Crippen LogP contribution is -2.47. The Morgan fingerprint density at radius 3 is 2.46 bits per heavy atom. The molecule has 28 heavy (non-hydrogen) atoms. The lowest BCUT2D eigenvalue weighted by molar-refractivity contribution is 0.419. The highest BCUT2D eigenvalue weighted by atomic mass is 35.5. The molecule has 1 aliphatic rings. The van der Waals surface area contributed by atoms with Crippen LogP contribution in [0.15, 0.2) is 35.1 Å². The van der Waals surface area contributed by atoms with Crippen molar-refractivity contribution in [3.05, 3.63) is 46.5 Å². The highest BCUT2D eigenvalue weighted by Gasteiger charge is 2.22. The third-order valence-electron chi connectivity index (χ3n) is 4.64. The monoisotopic (exact) mass is 418 g/mol. The summed E-state index contributed by atoms with van der Waals surface area (Å²) in [5, 5.41) is 5.14. The highest BCUT2D eigenvalue weighted by molar-refractivity contribution is 6.36. The predicted molar refractivity (Wildman–Crippen MR) is 110 cm³/mol. The van der Waals surface area contributed by atoms with Crippen molar-refractivity contribution in [3.8, 4) is 11.5 Å². The van der Waals surface area contributed by atoms with Crippen LogP contribution in [0, 0.1) is 0 Å². The zero-order valence-electron chi connectivity index (χ0n) is 15.6. The minimum Gasteiger partial charge on any atom is -0.353 e. The van der Waals surface area contributed by atoms with E-state index < -0.39 is 0 Å². The summed E-state index contributed by atoms with van der Waals surface area (Å²) >= 11 is 12.2. The van der Waals surface area contributed by atoms with E-state index >= 15 is 0 Å². The first kappa shape index (κ1) is 19.0. The molecule has 0 unspecified atom stereocenters. The number of rotatable bonds is 4. The molecule has 0 atom stereocenters. The molecule has 0 N–H and O–H groups in total. The van der Waals surface area contributed by atoms with Gasteiger partial charge in [0.1, 0.15) is 11.6 Å². The van der Waals surface area contributed by atoms with Crippen LogP contribution in [-0.2, 0) is 0 Å². The van der Waals surface area contributed by atoms with Crippen LogP contribution in [0.25, 0.3) is 11.5 Å². The number of nitrogens with zero attached hydrogens (tertiary/aromatic N) is 6. The second-order valence-corrected chi connectivity index (χ2v) is 7.79. The smallest absolute Gasteiger partial charge is 0.258 e. The molecular formula is C19H20Cl2N6O. The fraction of sp³-hybridized carbons (Fsp3) is 0.368. The van der Waals surface area contributed by atoms with Gasteiger partial charge in [-0.15, -0.1) is 0 Å². The van der Waals surface area contributed by atoms with Gasteiger partial charge in [0.2, 0.25) is 0 Å². The SMILES string of the molecule is CC(C)c1noc(-c2ccnc(N3CCN(c4ncc(Cl)cc4Cl)CC3)c2)n1. The summed E-state index contributed by atoms with van der Waals surface area (Å²) < 4.78 is 5.40. The Morgan fingerprint density at radius 2 is 1.79 bits per heavy atom. The van der Waals surface area contributed by atoms with Crippen molar-refractivity contribution in [2.24, 2.45) is 0 Å². The van der Waals surface area contributed by atoms with Gasteiger partial charge in [0.15, 0.2) is 5.82 Å². The largest absolute Gasteiger partial charge is 0.353 e. The van der Waals surface area contributed by atoms with Gasteiger partial charge in [-0.2, -0.15) is 4.98 Å². The number of aromatic nitrogens is 4. The average molecular weight is 419 g/mol. The molecule has 0 bridgehead atoms. The molecule has 1 saturated heterocycles. The van der Waals surface area contributed by atoms with E-state index in [0.29, 0.717) is 21.8 Å². The van der Waals surface area contributed by atoms with Crippen LogP contribution < -0.4 is 9.80 Å². The van der Waals surface area contributed by atoms with Crippen LogP contribution in [-0.4, -0.2) is 46.3 Å². The normalized spacial score (nSPS) is 14.8. The van der Waals surface area contributed by atoms with Crippen molar-refractivity contribution < 1.29 is 4.52 Å². The summed E-state index contributed by atoms with van der Waals surface area (Å²) in [7, 11) is 0. The lowest BCUT2D eigenvalue weighted by Gasteiger charge is -2.36. The molecule has 0 aliphatic carbocycles. The summed E-state index contributed by atoms with van der Waals surface area (Å²) in [6.07, 6.45) is 3.39.